The number of aliphatic carboxylic acids is 1. The van der Waals surface area contributed by atoms with Crippen LogP contribution in [0.4, 0.5) is 0 Å². The minimum atomic E-state index is -0.711. The number of carboxylic acid groups (broad SMARTS) is 1. The molecule has 0 amide bonds. The summed E-state index contributed by atoms with van der Waals surface area (Å²) in [4.78, 5) is 20.0. The molecular formula is C19H30O3S2. The summed E-state index contributed by atoms with van der Waals surface area (Å²) in [7, 11) is 0. The number of hydrogen-bond donors (Lipinski definition) is 2. The Balaban J connectivity index is 0. The Morgan fingerprint density at radius 3 is 2.08 bits per heavy atom. The zero-order chi connectivity index (χ0) is 18.8. The molecule has 0 bridgehead atoms. The van der Waals surface area contributed by atoms with E-state index in [2.05, 4.69) is 36.9 Å². The summed E-state index contributed by atoms with van der Waals surface area (Å²) in [5, 5.41) is 8.10. The van der Waals surface area contributed by atoms with Crippen molar-refractivity contribution < 1.29 is 14.7 Å². The van der Waals surface area contributed by atoms with E-state index in [0.717, 1.165) is 24.3 Å². The molecule has 1 aromatic carbocycles. The third-order valence-corrected chi connectivity index (χ3v) is 3.45. The number of thioether (sulfide) groups is 1. The van der Waals surface area contributed by atoms with Crippen LogP contribution in [-0.4, -0.2) is 27.7 Å². The Kier molecular flexibility index (Phi) is 18.9. The molecular weight excluding hydrogens is 340 g/mol. The first-order valence-corrected chi connectivity index (χ1v) is 9.58. The van der Waals surface area contributed by atoms with Crippen LogP contribution in [0.2, 0.25) is 0 Å². The minimum Gasteiger partial charge on any atom is -0.481 e. The highest BCUT2D eigenvalue weighted by atomic mass is 32.2. The molecule has 136 valence electrons. The summed E-state index contributed by atoms with van der Waals surface area (Å²) < 4.78 is 0. The van der Waals surface area contributed by atoms with E-state index in [9.17, 15) is 9.59 Å². The van der Waals surface area contributed by atoms with Crippen molar-refractivity contribution in [1.29, 1.82) is 0 Å². The van der Waals surface area contributed by atoms with Crippen LogP contribution in [0.3, 0.4) is 0 Å². The van der Waals surface area contributed by atoms with Crippen LogP contribution in [0.1, 0.15) is 46.1 Å². The maximum Gasteiger partial charge on any atom is 0.303 e. The fourth-order valence-electron chi connectivity index (χ4n) is 1.31. The molecule has 0 unspecified atom stereocenters. The summed E-state index contributed by atoms with van der Waals surface area (Å²) in [6, 6.07) is 10.4. The average molecular weight is 371 g/mol. The van der Waals surface area contributed by atoms with Gasteiger partial charge in [-0.15, -0.1) is 0 Å². The molecule has 0 aliphatic rings. The van der Waals surface area contributed by atoms with Gasteiger partial charge in [0.15, 0.2) is 5.12 Å². The van der Waals surface area contributed by atoms with Gasteiger partial charge in [-0.05, 0) is 38.0 Å². The Morgan fingerprint density at radius 2 is 1.75 bits per heavy atom. The van der Waals surface area contributed by atoms with Gasteiger partial charge in [0, 0.05) is 19.1 Å². The van der Waals surface area contributed by atoms with Crippen LogP contribution in [0, 0.1) is 0 Å². The normalized spacial score (nSPS) is 8.88. The topological polar surface area (TPSA) is 54.4 Å². The molecule has 1 aromatic rings. The summed E-state index contributed by atoms with van der Waals surface area (Å²) in [5.74, 6) is 1.04. The number of carbonyl (C=O) groups is 2. The smallest absolute Gasteiger partial charge is 0.303 e. The summed E-state index contributed by atoms with van der Waals surface area (Å²) in [6.45, 7) is 7.49. The molecule has 0 aliphatic carbocycles. The summed E-state index contributed by atoms with van der Waals surface area (Å²) in [6.07, 6.45) is 4.14. The van der Waals surface area contributed by atoms with Gasteiger partial charge in [0.05, 0.1) is 0 Å². The number of carbonyl (C=O) groups excluding carboxylic acids is 1. The standard InChI is InChI=1S/C8H10S.C7H12OS.C4H8O2/c9-7-6-8-4-2-1-3-5-8;1-6(2)4-5-9-7(3)8;1-2-3-4(5)6/h1-5,9H,6-7H2;4H,5H2,1-3H3;2-3H2,1H3,(H,5,6). The monoisotopic (exact) mass is 370 g/mol. The first kappa shape index (κ1) is 25.0. The largest absolute Gasteiger partial charge is 0.481 e. The number of benzene rings is 1. The van der Waals surface area contributed by atoms with Gasteiger partial charge in [-0.3, -0.25) is 9.59 Å². The molecule has 0 fully saturated rings. The minimum absolute atomic E-state index is 0.188. The van der Waals surface area contributed by atoms with Crippen LogP contribution >= 0.6 is 24.4 Å². The lowest BCUT2D eigenvalue weighted by Crippen LogP contribution is -1.90. The highest BCUT2D eigenvalue weighted by molar-refractivity contribution is 8.13. The van der Waals surface area contributed by atoms with E-state index in [0.29, 0.717) is 6.42 Å². The molecule has 0 aliphatic heterocycles. The maximum atomic E-state index is 10.4. The van der Waals surface area contributed by atoms with Gasteiger partial charge in [0.2, 0.25) is 0 Å². The van der Waals surface area contributed by atoms with Gasteiger partial charge in [-0.2, -0.15) is 12.6 Å². The molecule has 24 heavy (non-hydrogen) atoms. The van der Waals surface area contributed by atoms with Crippen molar-refractivity contribution in [1.82, 2.24) is 0 Å². The van der Waals surface area contributed by atoms with Gasteiger partial charge in [-0.1, -0.05) is 60.7 Å². The lowest BCUT2D eigenvalue weighted by atomic mass is 10.2. The van der Waals surface area contributed by atoms with Gasteiger partial charge in [-0.25, -0.2) is 0 Å². The van der Waals surface area contributed by atoms with E-state index in [4.69, 9.17) is 5.11 Å². The van der Waals surface area contributed by atoms with Crippen molar-refractivity contribution in [3.63, 3.8) is 0 Å². The van der Waals surface area contributed by atoms with E-state index in [1.54, 1.807) is 6.92 Å². The highest BCUT2D eigenvalue weighted by Crippen LogP contribution is 2.02. The number of hydrogen-bond acceptors (Lipinski definition) is 4. The van der Waals surface area contributed by atoms with Crippen molar-refractivity contribution in [2.24, 2.45) is 0 Å². The Bertz CT molecular complexity index is 467. The molecule has 0 atom stereocenters. The molecule has 3 nitrogen and oxygen atoms in total. The van der Waals surface area contributed by atoms with Gasteiger partial charge >= 0.3 is 5.97 Å². The van der Waals surface area contributed by atoms with E-state index in [-0.39, 0.29) is 5.12 Å². The molecule has 1 rings (SSSR count). The van der Waals surface area contributed by atoms with Crippen LogP contribution in [0.25, 0.3) is 0 Å². The molecule has 0 saturated carbocycles. The number of thiol groups is 1. The van der Waals surface area contributed by atoms with Crippen molar-refractivity contribution in [2.75, 3.05) is 11.5 Å². The van der Waals surface area contributed by atoms with E-state index < -0.39 is 5.97 Å². The van der Waals surface area contributed by atoms with Crippen molar-refractivity contribution in [3.05, 3.63) is 47.5 Å². The van der Waals surface area contributed by atoms with Gasteiger partial charge < -0.3 is 5.11 Å². The fraction of sp³-hybridized carbons (Fsp3) is 0.474. The lowest BCUT2D eigenvalue weighted by molar-refractivity contribution is -0.137. The molecule has 0 spiro atoms. The summed E-state index contributed by atoms with van der Waals surface area (Å²) in [5.41, 5.74) is 2.64. The molecule has 5 heteroatoms. The lowest BCUT2D eigenvalue weighted by Gasteiger charge is -1.93. The third-order valence-electron chi connectivity index (χ3n) is 2.49. The Hall–Kier alpha value is -1.20. The first-order chi connectivity index (χ1) is 11.3. The van der Waals surface area contributed by atoms with Crippen LogP contribution in [-0.2, 0) is 16.0 Å². The van der Waals surface area contributed by atoms with Gasteiger partial charge in [0.1, 0.15) is 0 Å². The maximum absolute atomic E-state index is 10.4. The van der Waals surface area contributed by atoms with Crippen LogP contribution in [0.5, 0.6) is 0 Å². The van der Waals surface area contributed by atoms with Crippen molar-refractivity contribution >= 4 is 35.5 Å². The van der Waals surface area contributed by atoms with E-state index in [1.165, 1.54) is 22.9 Å². The number of rotatable bonds is 6. The fourth-order valence-corrected chi connectivity index (χ4v) is 2.22. The molecule has 0 radical (unpaired) electrons. The van der Waals surface area contributed by atoms with E-state index >= 15 is 0 Å². The Labute approximate surface area is 156 Å². The number of carboxylic acids is 1. The van der Waals surface area contributed by atoms with Crippen molar-refractivity contribution in [3.8, 4) is 0 Å². The van der Waals surface area contributed by atoms with Crippen LogP contribution < -0.4 is 0 Å². The second-order valence-electron chi connectivity index (χ2n) is 5.19. The SMILES string of the molecule is CC(=O)SCC=C(C)C.CCCC(=O)O.SCCc1ccccc1. The molecule has 0 saturated heterocycles. The van der Waals surface area contributed by atoms with Gasteiger partial charge in [0.25, 0.3) is 0 Å². The molecule has 1 N–H and O–H groups in total. The second-order valence-corrected chi connectivity index (χ2v) is 6.83. The zero-order valence-corrected chi connectivity index (χ0v) is 16.8. The van der Waals surface area contributed by atoms with E-state index in [1.807, 2.05) is 32.9 Å². The third kappa shape index (κ3) is 23.1. The first-order valence-electron chi connectivity index (χ1n) is 7.96. The predicted molar refractivity (Wildman–Crippen MR) is 109 cm³/mol. The number of aryl methyl sites for hydroxylation is 1. The molecule has 0 aromatic heterocycles. The van der Waals surface area contributed by atoms with Crippen LogP contribution in [0.15, 0.2) is 42.0 Å². The highest BCUT2D eigenvalue weighted by Gasteiger charge is 1.88. The quantitative estimate of drug-likeness (QED) is 0.529. The predicted octanol–water partition coefficient (Wildman–Crippen LogP) is 5.26. The second kappa shape index (κ2) is 18.1. The average Bonchev–Trinajstić information content (AvgIpc) is 2.49. The van der Waals surface area contributed by atoms with Crippen molar-refractivity contribution in [2.45, 2.75) is 47.0 Å². The zero-order valence-electron chi connectivity index (χ0n) is 15.1. The number of allylic oxidation sites excluding steroid dienone is 1. The molecule has 0 heterocycles. The summed E-state index contributed by atoms with van der Waals surface area (Å²) >= 11 is 5.48. The Morgan fingerprint density at radius 1 is 1.17 bits per heavy atom.